The summed E-state index contributed by atoms with van der Waals surface area (Å²) in [5.74, 6) is 0. The van der Waals surface area contributed by atoms with Crippen LogP contribution in [0.2, 0.25) is 0 Å². The molecular weight excluding hydrogens is 403 g/mol. The van der Waals surface area contributed by atoms with Crippen LogP contribution < -0.4 is 4.90 Å². The minimum atomic E-state index is -5.32. The minimum Gasteiger partial charge on any atom is -0.357 e. The SMILES string of the molecule is CCc1cc(CN2CN(c3ccc(S(=O)(=O)C(F)(F)F)cc3)CC23CC3)ccn1. The summed E-state index contributed by atoms with van der Waals surface area (Å²) < 4.78 is 61.3. The van der Waals surface area contributed by atoms with Crippen LogP contribution in [0.1, 0.15) is 31.0 Å². The second-order valence-corrected chi connectivity index (χ2v) is 9.65. The number of hydrogen-bond donors (Lipinski definition) is 0. The van der Waals surface area contributed by atoms with Crippen molar-refractivity contribution in [2.75, 3.05) is 18.1 Å². The molecule has 1 saturated heterocycles. The molecule has 1 aliphatic heterocycles. The van der Waals surface area contributed by atoms with Crippen molar-refractivity contribution < 1.29 is 21.6 Å². The van der Waals surface area contributed by atoms with Crippen LogP contribution >= 0.6 is 0 Å². The van der Waals surface area contributed by atoms with E-state index in [0.717, 1.165) is 55.9 Å². The molecule has 5 nitrogen and oxygen atoms in total. The molecular formula is C20H22F3N3O2S. The second-order valence-electron chi connectivity index (χ2n) is 7.71. The number of benzene rings is 1. The molecule has 1 aliphatic carbocycles. The molecule has 1 spiro atoms. The third-order valence-electron chi connectivity index (χ3n) is 5.76. The molecule has 2 aromatic rings. The van der Waals surface area contributed by atoms with Gasteiger partial charge in [0.2, 0.25) is 0 Å². The lowest BCUT2D eigenvalue weighted by Crippen LogP contribution is -2.32. The summed E-state index contributed by atoms with van der Waals surface area (Å²) in [6.07, 6.45) is 4.85. The van der Waals surface area contributed by atoms with E-state index < -0.39 is 20.2 Å². The van der Waals surface area contributed by atoms with Crippen LogP contribution in [-0.2, 0) is 22.8 Å². The topological polar surface area (TPSA) is 53.5 Å². The predicted molar refractivity (Wildman–Crippen MR) is 103 cm³/mol. The Morgan fingerprint density at radius 3 is 2.41 bits per heavy atom. The fourth-order valence-electron chi connectivity index (χ4n) is 3.88. The number of sulfone groups is 1. The Balaban J connectivity index is 1.51. The van der Waals surface area contributed by atoms with E-state index in [9.17, 15) is 21.6 Å². The van der Waals surface area contributed by atoms with E-state index in [4.69, 9.17) is 0 Å². The van der Waals surface area contributed by atoms with Gasteiger partial charge < -0.3 is 4.90 Å². The van der Waals surface area contributed by atoms with Gasteiger partial charge in [0.15, 0.2) is 0 Å². The highest BCUT2D eigenvalue weighted by Gasteiger charge is 2.53. The first-order chi connectivity index (χ1) is 13.6. The fraction of sp³-hybridized carbons (Fsp3) is 0.450. The smallest absolute Gasteiger partial charge is 0.357 e. The van der Waals surface area contributed by atoms with Crippen LogP contribution in [-0.4, -0.2) is 42.6 Å². The number of anilines is 1. The lowest BCUT2D eigenvalue weighted by Gasteiger charge is -2.22. The van der Waals surface area contributed by atoms with E-state index in [1.807, 2.05) is 12.3 Å². The van der Waals surface area contributed by atoms with Gasteiger partial charge in [-0.2, -0.15) is 13.2 Å². The van der Waals surface area contributed by atoms with Gasteiger partial charge in [-0.15, -0.1) is 0 Å². The Kier molecular flexibility index (Phi) is 4.85. The maximum atomic E-state index is 12.7. The van der Waals surface area contributed by atoms with Crippen LogP contribution in [0.4, 0.5) is 18.9 Å². The van der Waals surface area contributed by atoms with Crippen molar-refractivity contribution in [1.82, 2.24) is 9.88 Å². The second kappa shape index (κ2) is 6.98. The van der Waals surface area contributed by atoms with E-state index in [-0.39, 0.29) is 5.54 Å². The highest BCUT2D eigenvalue weighted by Crippen LogP contribution is 2.47. The molecule has 0 radical (unpaired) electrons. The van der Waals surface area contributed by atoms with Crippen molar-refractivity contribution in [3.63, 3.8) is 0 Å². The fourth-order valence-corrected chi connectivity index (χ4v) is 4.64. The molecule has 4 rings (SSSR count). The maximum Gasteiger partial charge on any atom is 0.501 e. The summed E-state index contributed by atoms with van der Waals surface area (Å²) in [5, 5.41) is 0. The third-order valence-corrected chi connectivity index (χ3v) is 7.26. The molecule has 1 aromatic carbocycles. The Morgan fingerprint density at radius 1 is 1.14 bits per heavy atom. The summed E-state index contributed by atoms with van der Waals surface area (Å²) in [5.41, 5.74) is -2.24. The first kappa shape index (κ1) is 20.2. The number of alkyl halides is 3. The number of aromatic nitrogens is 1. The van der Waals surface area contributed by atoms with Crippen molar-refractivity contribution in [3.8, 4) is 0 Å². The molecule has 2 fully saturated rings. The van der Waals surface area contributed by atoms with Gasteiger partial charge in [-0.3, -0.25) is 9.88 Å². The van der Waals surface area contributed by atoms with E-state index in [1.165, 1.54) is 17.7 Å². The Morgan fingerprint density at radius 2 is 1.83 bits per heavy atom. The summed E-state index contributed by atoms with van der Waals surface area (Å²) in [4.78, 5) is 8.09. The van der Waals surface area contributed by atoms with E-state index in [2.05, 4.69) is 27.8 Å². The normalized spacial score (nSPS) is 19.1. The lowest BCUT2D eigenvalue weighted by molar-refractivity contribution is -0.0436. The molecule has 0 bridgehead atoms. The minimum absolute atomic E-state index is 0.0896. The molecule has 0 N–H and O–H groups in total. The predicted octanol–water partition coefficient (Wildman–Crippen LogP) is 3.75. The van der Waals surface area contributed by atoms with E-state index in [0.29, 0.717) is 6.67 Å². The van der Waals surface area contributed by atoms with Gasteiger partial charge in [-0.1, -0.05) is 6.92 Å². The van der Waals surface area contributed by atoms with Crippen LogP contribution in [0.3, 0.4) is 0 Å². The standard InChI is InChI=1S/C20H22F3N3O2S/c1-2-16-11-15(7-10-24-16)12-26-14-25(13-19(26)8-9-19)17-3-5-18(6-4-17)29(27,28)20(21,22)23/h3-7,10-11H,2,8-9,12-14H2,1H3. The van der Waals surface area contributed by atoms with E-state index in [1.54, 1.807) is 0 Å². The molecule has 0 unspecified atom stereocenters. The van der Waals surface area contributed by atoms with Crippen molar-refractivity contribution in [2.45, 2.75) is 48.7 Å². The van der Waals surface area contributed by atoms with Crippen molar-refractivity contribution in [3.05, 3.63) is 53.9 Å². The highest BCUT2D eigenvalue weighted by molar-refractivity contribution is 7.92. The molecule has 0 atom stereocenters. The van der Waals surface area contributed by atoms with Gasteiger partial charge in [0.1, 0.15) is 0 Å². The number of aryl methyl sites for hydroxylation is 1. The van der Waals surface area contributed by atoms with Crippen LogP contribution in [0.25, 0.3) is 0 Å². The Hall–Kier alpha value is -2.13. The first-order valence-corrected chi connectivity index (χ1v) is 11.0. The largest absolute Gasteiger partial charge is 0.501 e. The molecule has 156 valence electrons. The summed E-state index contributed by atoms with van der Waals surface area (Å²) in [6.45, 7) is 4.28. The Bertz CT molecular complexity index is 1000. The number of nitrogens with zero attached hydrogens (tertiary/aromatic N) is 3. The first-order valence-electron chi connectivity index (χ1n) is 9.50. The molecule has 2 heterocycles. The summed E-state index contributed by atoms with van der Waals surface area (Å²) in [7, 11) is -5.32. The zero-order chi connectivity index (χ0) is 20.9. The molecule has 1 saturated carbocycles. The lowest BCUT2D eigenvalue weighted by atomic mass is 10.1. The van der Waals surface area contributed by atoms with Crippen LogP contribution in [0.15, 0.2) is 47.5 Å². The molecule has 29 heavy (non-hydrogen) atoms. The monoisotopic (exact) mass is 425 g/mol. The molecule has 0 amide bonds. The number of rotatable bonds is 5. The average molecular weight is 425 g/mol. The van der Waals surface area contributed by atoms with Crippen molar-refractivity contribution in [2.24, 2.45) is 0 Å². The zero-order valence-corrected chi connectivity index (χ0v) is 16.8. The summed E-state index contributed by atoms with van der Waals surface area (Å²) in [6, 6.07) is 9.11. The van der Waals surface area contributed by atoms with Gasteiger partial charge >= 0.3 is 5.51 Å². The highest BCUT2D eigenvalue weighted by atomic mass is 32.2. The van der Waals surface area contributed by atoms with Crippen LogP contribution in [0.5, 0.6) is 0 Å². The number of halogens is 3. The van der Waals surface area contributed by atoms with Crippen molar-refractivity contribution >= 4 is 15.5 Å². The quantitative estimate of drug-likeness (QED) is 0.730. The van der Waals surface area contributed by atoms with Crippen molar-refractivity contribution in [1.29, 1.82) is 0 Å². The van der Waals surface area contributed by atoms with Gasteiger partial charge in [0, 0.05) is 36.2 Å². The third kappa shape index (κ3) is 3.73. The number of pyridine rings is 1. The average Bonchev–Trinajstić information content (AvgIpc) is 3.38. The zero-order valence-electron chi connectivity index (χ0n) is 16.0. The van der Waals surface area contributed by atoms with Gasteiger partial charge in [0.25, 0.3) is 9.84 Å². The molecule has 2 aliphatic rings. The Labute approximate surface area is 168 Å². The van der Waals surface area contributed by atoms with Gasteiger partial charge in [-0.25, -0.2) is 8.42 Å². The molecule has 9 heteroatoms. The number of hydrogen-bond acceptors (Lipinski definition) is 5. The van der Waals surface area contributed by atoms with Gasteiger partial charge in [-0.05, 0) is 61.2 Å². The van der Waals surface area contributed by atoms with Crippen LogP contribution in [0, 0.1) is 0 Å². The summed E-state index contributed by atoms with van der Waals surface area (Å²) >= 11 is 0. The maximum absolute atomic E-state index is 12.7. The van der Waals surface area contributed by atoms with E-state index >= 15 is 0 Å². The molecule has 1 aromatic heterocycles. The van der Waals surface area contributed by atoms with Gasteiger partial charge in [0.05, 0.1) is 11.6 Å².